The van der Waals surface area contributed by atoms with E-state index in [9.17, 15) is 0 Å². The number of aromatic nitrogens is 1. The highest BCUT2D eigenvalue weighted by Crippen LogP contribution is 2.48. The van der Waals surface area contributed by atoms with E-state index in [0.29, 0.717) is 0 Å². The SMILES string of the molecule is c1ccc(-c2ccc(-n3c4c5ccccc5c5ccccc5c4c4c5ccccc5c5sccc5c43)cc2)cc1. The molecule has 0 aliphatic heterocycles. The van der Waals surface area contributed by atoms with E-state index in [-0.39, 0.29) is 0 Å². The van der Waals surface area contributed by atoms with Crippen LogP contribution in [-0.2, 0) is 0 Å². The first-order chi connectivity index (χ1) is 19.9. The minimum atomic E-state index is 1.18. The molecule has 0 amide bonds. The maximum absolute atomic E-state index is 2.54. The lowest BCUT2D eigenvalue weighted by molar-refractivity contribution is 1.19. The molecule has 2 heteroatoms. The standard InChI is InChI=1S/C38H23NS/c1-2-10-24(11-3-1)25-18-20-26(21-19-25)39-36-31-16-8-5-13-28(31)27-12-4-6-14-29(27)34(36)35-30-15-7-9-17-32(30)38-33(37(35)39)22-23-40-38/h1-23H. The molecule has 0 aliphatic rings. The Labute approximate surface area is 235 Å². The van der Waals surface area contributed by atoms with E-state index in [1.807, 2.05) is 11.3 Å². The first-order valence-electron chi connectivity index (χ1n) is 13.7. The van der Waals surface area contributed by atoms with Crippen LogP contribution in [0.25, 0.3) is 81.0 Å². The van der Waals surface area contributed by atoms with Crippen molar-refractivity contribution in [3.8, 4) is 16.8 Å². The van der Waals surface area contributed by atoms with Gasteiger partial charge in [0.25, 0.3) is 0 Å². The Morgan fingerprint density at radius 1 is 0.375 bits per heavy atom. The summed E-state index contributed by atoms with van der Waals surface area (Å²) in [5.74, 6) is 0. The molecule has 7 aromatic carbocycles. The predicted molar refractivity (Wildman–Crippen MR) is 174 cm³/mol. The molecule has 0 fully saturated rings. The van der Waals surface area contributed by atoms with E-state index >= 15 is 0 Å². The van der Waals surface area contributed by atoms with Crippen LogP contribution in [0.1, 0.15) is 0 Å². The molecule has 0 saturated carbocycles. The minimum absolute atomic E-state index is 1.18. The van der Waals surface area contributed by atoms with Crippen molar-refractivity contribution in [2.24, 2.45) is 0 Å². The lowest BCUT2D eigenvalue weighted by Gasteiger charge is -2.13. The molecule has 0 N–H and O–H groups in total. The topological polar surface area (TPSA) is 4.93 Å². The van der Waals surface area contributed by atoms with Crippen LogP contribution in [0.4, 0.5) is 0 Å². The van der Waals surface area contributed by atoms with E-state index in [1.54, 1.807) is 0 Å². The number of rotatable bonds is 2. The fourth-order valence-corrected chi connectivity index (χ4v) is 7.70. The summed E-state index contributed by atoms with van der Waals surface area (Å²) in [6, 6.07) is 48.8. The van der Waals surface area contributed by atoms with E-state index < -0.39 is 0 Å². The summed E-state index contributed by atoms with van der Waals surface area (Å²) < 4.78 is 3.89. The van der Waals surface area contributed by atoms with Crippen molar-refractivity contribution < 1.29 is 0 Å². The molecule has 0 bridgehead atoms. The summed E-state index contributed by atoms with van der Waals surface area (Å²) in [5.41, 5.74) is 6.22. The molecule has 0 saturated heterocycles. The van der Waals surface area contributed by atoms with Crippen molar-refractivity contribution >= 4 is 75.5 Å². The third-order valence-electron chi connectivity index (χ3n) is 8.43. The lowest BCUT2D eigenvalue weighted by atomic mass is 9.94. The normalized spacial score (nSPS) is 12.0. The Bertz CT molecular complexity index is 2410. The molecule has 1 nitrogen and oxygen atoms in total. The number of thiophene rings is 1. The highest BCUT2D eigenvalue weighted by Gasteiger charge is 2.23. The van der Waals surface area contributed by atoms with E-state index in [0.717, 1.165) is 0 Å². The lowest BCUT2D eigenvalue weighted by Crippen LogP contribution is -1.95. The zero-order valence-electron chi connectivity index (χ0n) is 21.6. The van der Waals surface area contributed by atoms with Crippen LogP contribution >= 0.6 is 11.3 Å². The van der Waals surface area contributed by atoms with Gasteiger partial charge in [0.2, 0.25) is 0 Å². The molecule has 0 atom stereocenters. The number of hydrogen-bond donors (Lipinski definition) is 0. The average molecular weight is 526 g/mol. The molecule has 0 radical (unpaired) electrons. The van der Waals surface area contributed by atoms with Crippen LogP contribution in [0.3, 0.4) is 0 Å². The summed E-state index contributed by atoms with van der Waals surface area (Å²) in [4.78, 5) is 0. The third kappa shape index (κ3) is 2.91. The van der Waals surface area contributed by atoms with Gasteiger partial charge in [0.05, 0.1) is 11.0 Å². The van der Waals surface area contributed by atoms with Gasteiger partial charge >= 0.3 is 0 Å². The average Bonchev–Trinajstić information content (AvgIpc) is 3.66. The second-order valence-electron chi connectivity index (χ2n) is 10.5. The Morgan fingerprint density at radius 3 is 1.57 bits per heavy atom. The monoisotopic (exact) mass is 525 g/mol. The summed E-state index contributed by atoms with van der Waals surface area (Å²) >= 11 is 1.84. The molecule has 9 aromatic rings. The van der Waals surface area contributed by atoms with Gasteiger partial charge in [-0.2, -0.15) is 0 Å². The molecular formula is C38H23NS. The fourth-order valence-electron chi connectivity index (χ4n) is 6.76. The molecule has 186 valence electrons. The molecule has 2 heterocycles. The first-order valence-corrected chi connectivity index (χ1v) is 14.6. The summed E-state index contributed by atoms with van der Waals surface area (Å²) in [5, 5.41) is 14.1. The van der Waals surface area contributed by atoms with Gasteiger partial charge in [-0.25, -0.2) is 0 Å². The third-order valence-corrected chi connectivity index (χ3v) is 9.38. The number of benzene rings is 7. The second kappa shape index (κ2) is 8.29. The van der Waals surface area contributed by atoms with Gasteiger partial charge in [-0.1, -0.05) is 115 Å². The fraction of sp³-hybridized carbons (Fsp3) is 0. The number of hydrogen-bond acceptors (Lipinski definition) is 1. The van der Waals surface area contributed by atoms with Crippen LogP contribution < -0.4 is 0 Å². The van der Waals surface area contributed by atoms with Crippen molar-refractivity contribution in [2.45, 2.75) is 0 Å². The summed E-state index contributed by atoms with van der Waals surface area (Å²) in [6.45, 7) is 0. The number of nitrogens with zero attached hydrogens (tertiary/aromatic N) is 1. The smallest absolute Gasteiger partial charge is 0.0634 e. The van der Waals surface area contributed by atoms with Crippen molar-refractivity contribution in [2.75, 3.05) is 0 Å². The maximum Gasteiger partial charge on any atom is 0.0634 e. The van der Waals surface area contributed by atoms with Crippen LogP contribution in [0.5, 0.6) is 0 Å². The zero-order chi connectivity index (χ0) is 26.2. The Hall–Kier alpha value is -4.92. The molecule has 2 aromatic heterocycles. The molecule has 9 rings (SSSR count). The van der Waals surface area contributed by atoms with Gasteiger partial charge in [0.15, 0.2) is 0 Å². The second-order valence-corrected chi connectivity index (χ2v) is 11.4. The van der Waals surface area contributed by atoms with E-state index in [4.69, 9.17) is 0 Å². The zero-order valence-corrected chi connectivity index (χ0v) is 22.5. The maximum atomic E-state index is 2.54. The van der Waals surface area contributed by atoms with Crippen molar-refractivity contribution in [1.82, 2.24) is 4.57 Å². The van der Waals surface area contributed by atoms with Gasteiger partial charge in [0.1, 0.15) is 0 Å². The van der Waals surface area contributed by atoms with Gasteiger partial charge in [-0.15, -0.1) is 11.3 Å². The minimum Gasteiger partial charge on any atom is -0.308 e. The van der Waals surface area contributed by atoms with Gasteiger partial charge in [-0.3, -0.25) is 0 Å². The van der Waals surface area contributed by atoms with Gasteiger partial charge in [0, 0.05) is 37.3 Å². The summed E-state index contributed by atoms with van der Waals surface area (Å²) in [7, 11) is 0. The van der Waals surface area contributed by atoms with Crippen molar-refractivity contribution in [1.29, 1.82) is 0 Å². The van der Waals surface area contributed by atoms with Crippen LogP contribution in [0.15, 0.2) is 139 Å². The Morgan fingerprint density at radius 2 is 0.875 bits per heavy atom. The van der Waals surface area contributed by atoms with Crippen LogP contribution in [0, 0.1) is 0 Å². The van der Waals surface area contributed by atoms with Crippen molar-refractivity contribution in [3.63, 3.8) is 0 Å². The summed E-state index contributed by atoms with van der Waals surface area (Å²) in [6.07, 6.45) is 0. The van der Waals surface area contributed by atoms with E-state index in [1.165, 1.54) is 81.0 Å². The highest BCUT2D eigenvalue weighted by atomic mass is 32.1. The molecule has 0 spiro atoms. The quantitative estimate of drug-likeness (QED) is 0.198. The largest absolute Gasteiger partial charge is 0.308 e. The highest BCUT2D eigenvalue weighted by molar-refractivity contribution is 7.18. The Kier molecular flexibility index (Phi) is 4.55. The van der Waals surface area contributed by atoms with Crippen LogP contribution in [-0.4, -0.2) is 4.57 Å². The molecule has 40 heavy (non-hydrogen) atoms. The number of fused-ring (bicyclic) bond motifs is 13. The molecule has 0 aliphatic carbocycles. The van der Waals surface area contributed by atoms with Gasteiger partial charge < -0.3 is 4.57 Å². The van der Waals surface area contributed by atoms with Crippen LogP contribution in [0.2, 0.25) is 0 Å². The van der Waals surface area contributed by atoms with Gasteiger partial charge in [-0.05, 0) is 56.3 Å². The predicted octanol–water partition coefficient (Wildman–Crippen LogP) is 11.1. The Balaban J connectivity index is 1.55. The van der Waals surface area contributed by atoms with Crippen molar-refractivity contribution in [3.05, 3.63) is 139 Å². The van der Waals surface area contributed by atoms with E-state index in [2.05, 4.69) is 143 Å². The first kappa shape index (κ1) is 22.0. The molecular weight excluding hydrogens is 502 g/mol. The molecule has 0 unspecified atom stereocenters.